The highest BCUT2D eigenvalue weighted by Crippen LogP contribution is 2.53. The Morgan fingerprint density at radius 1 is 1.09 bits per heavy atom. The minimum Gasteiger partial charge on any atom is -0.387 e. The van der Waals surface area contributed by atoms with E-state index in [1.54, 1.807) is 16.7 Å². The molecule has 3 heterocycles. The van der Waals surface area contributed by atoms with Crippen molar-refractivity contribution < 1.29 is 14.9 Å². The predicted octanol–water partition coefficient (Wildman–Crippen LogP) is 2.91. The van der Waals surface area contributed by atoms with Crippen molar-refractivity contribution in [2.45, 2.75) is 36.9 Å². The summed E-state index contributed by atoms with van der Waals surface area (Å²) in [5.41, 5.74) is 8.75. The molecule has 0 radical (unpaired) electrons. The van der Waals surface area contributed by atoms with E-state index in [0.29, 0.717) is 17.0 Å². The Labute approximate surface area is 195 Å². The second kappa shape index (κ2) is 7.63. The van der Waals surface area contributed by atoms with E-state index >= 15 is 0 Å². The average Bonchev–Trinajstić information content (AvgIpc) is 3.48. The molecule has 172 valence electrons. The van der Waals surface area contributed by atoms with Crippen molar-refractivity contribution in [3.8, 4) is 11.1 Å². The van der Waals surface area contributed by atoms with E-state index in [1.165, 1.54) is 6.33 Å². The van der Waals surface area contributed by atoms with E-state index in [2.05, 4.69) is 15.3 Å². The van der Waals surface area contributed by atoms with E-state index in [0.717, 1.165) is 35.0 Å². The molecular formula is C25H24N6O3. The summed E-state index contributed by atoms with van der Waals surface area (Å²) >= 11 is 0. The van der Waals surface area contributed by atoms with Crippen LogP contribution in [0.2, 0.25) is 0 Å². The number of nitrogens with zero attached hydrogens (tertiary/aromatic N) is 3. The van der Waals surface area contributed by atoms with Gasteiger partial charge in [-0.2, -0.15) is 0 Å². The zero-order chi connectivity index (χ0) is 23.4. The molecule has 2 aromatic carbocycles. The summed E-state index contributed by atoms with van der Waals surface area (Å²) in [7, 11) is 0. The molecule has 3 atom stereocenters. The van der Waals surface area contributed by atoms with Crippen LogP contribution in [0.1, 0.15) is 24.6 Å². The van der Waals surface area contributed by atoms with Crippen LogP contribution < -0.4 is 11.1 Å². The summed E-state index contributed by atoms with van der Waals surface area (Å²) in [5.74, 6) is 0.595. The summed E-state index contributed by atoms with van der Waals surface area (Å²) in [4.78, 5) is 9.04. The maximum absolute atomic E-state index is 10.8. The molecule has 2 aliphatic rings. The molecule has 1 aliphatic heterocycles. The monoisotopic (exact) mass is 456 g/mol. The highest BCUT2D eigenvalue weighted by molar-refractivity contribution is 6.02. The number of nitrogens with two attached hydrogens (primary N) is 1. The van der Waals surface area contributed by atoms with Crippen LogP contribution in [-0.4, -0.2) is 48.4 Å². The van der Waals surface area contributed by atoms with Crippen LogP contribution in [0.25, 0.3) is 22.2 Å². The molecule has 1 aliphatic carbocycles. The molecule has 34 heavy (non-hydrogen) atoms. The van der Waals surface area contributed by atoms with E-state index in [4.69, 9.17) is 15.9 Å². The van der Waals surface area contributed by atoms with E-state index in [-0.39, 0.29) is 5.84 Å². The Morgan fingerprint density at radius 2 is 1.82 bits per heavy atom. The third-order valence-electron chi connectivity index (χ3n) is 6.68. The SMILES string of the molecule is N=C(N)c1ccc(Nc2ncnc3c2c(-c2ccccc2)cn3[C@@H]2OC3(CC3)[C@@H](O)[C@H]2O)cc1. The number of nitrogens with one attached hydrogen (secondary N) is 2. The van der Waals surface area contributed by atoms with Crippen molar-refractivity contribution in [3.05, 3.63) is 72.7 Å². The molecule has 0 unspecified atom stereocenters. The minimum absolute atomic E-state index is 0.00478. The smallest absolute Gasteiger partial charge is 0.164 e. The maximum Gasteiger partial charge on any atom is 0.164 e. The van der Waals surface area contributed by atoms with Crippen molar-refractivity contribution >= 4 is 28.4 Å². The number of hydrogen-bond donors (Lipinski definition) is 5. The van der Waals surface area contributed by atoms with Gasteiger partial charge in [-0.15, -0.1) is 0 Å². The van der Waals surface area contributed by atoms with Crippen LogP contribution in [0.4, 0.5) is 11.5 Å². The summed E-state index contributed by atoms with van der Waals surface area (Å²) in [5, 5.41) is 33.1. The first-order valence-corrected chi connectivity index (χ1v) is 11.1. The number of fused-ring (bicyclic) bond motifs is 1. The van der Waals surface area contributed by atoms with Crippen molar-refractivity contribution in [1.82, 2.24) is 14.5 Å². The van der Waals surface area contributed by atoms with Gasteiger partial charge in [0.25, 0.3) is 0 Å². The molecule has 9 heteroatoms. The fourth-order valence-corrected chi connectivity index (χ4v) is 4.69. The number of hydrogen-bond acceptors (Lipinski definition) is 7. The Hall–Kier alpha value is -3.79. The molecule has 6 N–H and O–H groups in total. The highest BCUT2D eigenvalue weighted by Gasteiger charge is 2.62. The molecule has 6 rings (SSSR count). The van der Waals surface area contributed by atoms with Crippen LogP contribution in [0.3, 0.4) is 0 Å². The standard InChI is InChI=1S/C25H24N6O3/c26-21(27)15-6-8-16(9-7-15)30-22-18-17(14-4-2-1-3-5-14)12-31(23(18)29-13-28-22)24-19(32)20(33)25(34-24)10-11-25/h1-9,12-13,19-20,24,32-33H,10-11H2,(H3,26,27)(H,28,29,30)/t19-,20+,24-/m1/s1. The van der Waals surface area contributed by atoms with E-state index in [1.807, 2.05) is 48.7 Å². The maximum atomic E-state index is 10.8. The van der Waals surface area contributed by atoms with E-state index < -0.39 is 24.0 Å². The number of nitrogen functional groups attached to an aromatic ring is 1. The lowest BCUT2D eigenvalue weighted by molar-refractivity contribution is -0.0456. The van der Waals surface area contributed by atoms with Gasteiger partial charge in [-0.25, -0.2) is 9.97 Å². The quantitative estimate of drug-likeness (QED) is 0.230. The van der Waals surface area contributed by atoms with Gasteiger partial charge >= 0.3 is 0 Å². The molecule has 2 fully saturated rings. The first-order valence-electron chi connectivity index (χ1n) is 11.1. The molecule has 4 aromatic rings. The molecule has 9 nitrogen and oxygen atoms in total. The zero-order valence-electron chi connectivity index (χ0n) is 18.2. The number of anilines is 2. The number of rotatable bonds is 5. The first-order chi connectivity index (χ1) is 16.5. The Bertz CT molecular complexity index is 1380. The van der Waals surface area contributed by atoms with Crippen LogP contribution in [-0.2, 0) is 4.74 Å². The molecule has 1 saturated carbocycles. The molecule has 2 aromatic heterocycles. The summed E-state index contributed by atoms with van der Waals surface area (Å²) in [6, 6.07) is 17.1. The van der Waals surface area contributed by atoms with Gasteiger partial charge in [0.15, 0.2) is 6.23 Å². The number of aromatic nitrogens is 3. The lowest BCUT2D eigenvalue weighted by Crippen LogP contribution is -2.32. The number of ether oxygens (including phenoxy) is 1. The van der Waals surface area contributed by atoms with Crippen molar-refractivity contribution in [2.24, 2.45) is 5.73 Å². The summed E-state index contributed by atoms with van der Waals surface area (Å²) in [6.07, 6.45) is 2.07. The third kappa shape index (κ3) is 3.25. The van der Waals surface area contributed by atoms with Gasteiger partial charge in [0.1, 0.15) is 35.8 Å². The Kier molecular flexibility index (Phi) is 4.66. The molecule has 1 saturated heterocycles. The van der Waals surface area contributed by atoms with Gasteiger partial charge in [0, 0.05) is 23.0 Å². The van der Waals surface area contributed by atoms with Gasteiger partial charge in [-0.3, -0.25) is 5.41 Å². The third-order valence-corrected chi connectivity index (χ3v) is 6.68. The lowest BCUT2D eigenvalue weighted by atomic mass is 10.1. The van der Waals surface area contributed by atoms with Crippen molar-refractivity contribution in [1.29, 1.82) is 5.41 Å². The summed E-state index contributed by atoms with van der Waals surface area (Å²) in [6.45, 7) is 0. The normalized spacial score (nSPS) is 22.8. The number of amidine groups is 1. The second-order valence-electron chi connectivity index (χ2n) is 8.86. The van der Waals surface area contributed by atoms with Crippen molar-refractivity contribution in [2.75, 3.05) is 5.32 Å². The van der Waals surface area contributed by atoms with Crippen LogP contribution in [0.15, 0.2) is 67.1 Å². The Morgan fingerprint density at radius 3 is 2.47 bits per heavy atom. The number of benzene rings is 2. The minimum atomic E-state index is -1.06. The molecule has 0 amide bonds. The first kappa shape index (κ1) is 20.8. The van der Waals surface area contributed by atoms with Gasteiger partial charge < -0.3 is 30.6 Å². The fraction of sp³-hybridized carbons (Fsp3) is 0.240. The average molecular weight is 457 g/mol. The fourth-order valence-electron chi connectivity index (χ4n) is 4.69. The largest absolute Gasteiger partial charge is 0.387 e. The van der Waals surface area contributed by atoms with Crippen molar-refractivity contribution in [3.63, 3.8) is 0 Å². The Balaban J connectivity index is 1.48. The second-order valence-corrected chi connectivity index (χ2v) is 8.86. The number of aliphatic hydroxyl groups excluding tert-OH is 2. The molecule has 0 bridgehead atoms. The van der Waals surface area contributed by atoms with Crippen LogP contribution in [0.5, 0.6) is 0 Å². The zero-order valence-corrected chi connectivity index (χ0v) is 18.2. The predicted molar refractivity (Wildman–Crippen MR) is 128 cm³/mol. The molecular weight excluding hydrogens is 432 g/mol. The van der Waals surface area contributed by atoms with Gasteiger partial charge in [0.2, 0.25) is 0 Å². The van der Waals surface area contributed by atoms with Gasteiger partial charge in [-0.1, -0.05) is 30.3 Å². The number of aliphatic hydroxyl groups is 2. The van der Waals surface area contributed by atoms with Crippen LogP contribution >= 0.6 is 0 Å². The molecule has 1 spiro atoms. The lowest BCUT2D eigenvalue weighted by Gasteiger charge is -2.17. The van der Waals surface area contributed by atoms with Gasteiger partial charge in [0.05, 0.1) is 11.0 Å². The van der Waals surface area contributed by atoms with Gasteiger partial charge in [-0.05, 0) is 42.7 Å². The van der Waals surface area contributed by atoms with Crippen LogP contribution in [0, 0.1) is 5.41 Å². The summed E-state index contributed by atoms with van der Waals surface area (Å²) < 4.78 is 7.97. The highest BCUT2D eigenvalue weighted by atomic mass is 16.6. The van der Waals surface area contributed by atoms with E-state index in [9.17, 15) is 10.2 Å². The topological polar surface area (TPSA) is 142 Å².